The fourth-order valence-corrected chi connectivity index (χ4v) is 7.03. The first-order valence-corrected chi connectivity index (χ1v) is 23.1. The van der Waals surface area contributed by atoms with Crippen molar-refractivity contribution in [2.75, 3.05) is 19.8 Å². The highest BCUT2D eigenvalue weighted by Gasteiger charge is 2.28. The summed E-state index contributed by atoms with van der Waals surface area (Å²) >= 11 is 0. The number of hydrogen-bond acceptors (Lipinski definition) is 8. The number of unbranched alkanes of at least 4 members (excludes halogenated alkanes) is 27. The molecule has 12 heteroatoms. The lowest BCUT2D eigenvalue weighted by Gasteiger charge is -2.18. The van der Waals surface area contributed by atoms with Crippen LogP contribution in [0.1, 0.15) is 213 Å². The van der Waals surface area contributed by atoms with Crippen molar-refractivity contribution in [2.45, 2.75) is 225 Å². The number of carbonyl (C=O) groups is 3. The molecule has 4 N–H and O–H groups in total. The van der Waals surface area contributed by atoms with E-state index in [0.717, 1.165) is 51.4 Å². The van der Waals surface area contributed by atoms with Crippen LogP contribution in [0.25, 0.3) is 0 Å². The second-order valence-electron chi connectivity index (χ2n) is 14.9. The van der Waals surface area contributed by atoms with Crippen molar-refractivity contribution in [2.24, 2.45) is 0 Å². The number of nitrogens with one attached hydrogen (secondary N) is 1. The zero-order valence-corrected chi connectivity index (χ0v) is 34.7. The van der Waals surface area contributed by atoms with Gasteiger partial charge in [0.25, 0.3) is 0 Å². The highest BCUT2D eigenvalue weighted by Crippen LogP contribution is 2.43. The van der Waals surface area contributed by atoms with Crippen molar-refractivity contribution >= 4 is 25.7 Å². The summed E-state index contributed by atoms with van der Waals surface area (Å²) in [6.07, 6.45) is 34.8. The molecular weight excluding hydrogens is 697 g/mol. The summed E-state index contributed by atoms with van der Waals surface area (Å²) < 4.78 is 26.7. The molecule has 0 bridgehead atoms. The molecule has 0 spiro atoms. The van der Waals surface area contributed by atoms with E-state index in [-0.39, 0.29) is 12.8 Å². The number of carbonyl (C=O) groups excluding carboxylic acids is 2. The molecule has 3 unspecified atom stereocenters. The summed E-state index contributed by atoms with van der Waals surface area (Å²) in [5, 5.41) is 21.6. The third kappa shape index (κ3) is 37.2. The van der Waals surface area contributed by atoms with Gasteiger partial charge in [-0.3, -0.25) is 18.6 Å². The number of rotatable bonds is 41. The van der Waals surface area contributed by atoms with Crippen molar-refractivity contribution < 1.29 is 47.8 Å². The minimum Gasteiger partial charge on any atom is -0.480 e. The summed E-state index contributed by atoms with van der Waals surface area (Å²) in [5.41, 5.74) is 0. The fraction of sp³-hybridized carbons (Fsp3) is 0.927. The first kappa shape index (κ1) is 51.5. The van der Waals surface area contributed by atoms with Crippen LogP contribution in [-0.4, -0.2) is 64.9 Å². The first-order valence-electron chi connectivity index (χ1n) is 21.6. The maximum absolute atomic E-state index is 12.2. The molecule has 0 aliphatic carbocycles. The molecule has 3 atom stereocenters. The number of aliphatic carboxylic acids is 1. The first-order chi connectivity index (χ1) is 25.6. The molecule has 0 aliphatic heterocycles. The monoisotopic (exact) mass is 778 g/mol. The number of phosphoric acid groups is 1. The van der Waals surface area contributed by atoms with Gasteiger partial charge < -0.3 is 25.2 Å². The van der Waals surface area contributed by atoms with Gasteiger partial charge in [-0.1, -0.05) is 187 Å². The Hall–Kier alpha value is -1.52. The number of ether oxygens (including phenoxy) is 1. The predicted octanol–water partition coefficient (Wildman–Crippen LogP) is 10.7. The lowest BCUT2D eigenvalue weighted by molar-refractivity contribution is -0.147. The van der Waals surface area contributed by atoms with Crippen molar-refractivity contribution in [1.29, 1.82) is 0 Å². The Morgan fingerprint density at radius 3 is 1.25 bits per heavy atom. The minimum absolute atomic E-state index is 0.147. The quantitative estimate of drug-likeness (QED) is 0.0266. The normalized spacial score (nSPS) is 13.7. The van der Waals surface area contributed by atoms with Gasteiger partial charge in [-0.05, 0) is 12.8 Å². The molecule has 0 aromatic heterocycles. The van der Waals surface area contributed by atoms with E-state index in [4.69, 9.17) is 13.8 Å². The van der Waals surface area contributed by atoms with Gasteiger partial charge in [-0.25, -0.2) is 9.36 Å². The summed E-state index contributed by atoms with van der Waals surface area (Å²) in [7, 11) is -4.74. The predicted molar refractivity (Wildman–Crippen MR) is 213 cm³/mol. The maximum Gasteiger partial charge on any atom is 0.472 e. The van der Waals surface area contributed by atoms with Gasteiger partial charge >= 0.3 is 19.8 Å². The number of hydrogen-bond donors (Lipinski definition) is 4. The smallest absolute Gasteiger partial charge is 0.472 e. The second kappa shape index (κ2) is 37.4. The summed E-state index contributed by atoms with van der Waals surface area (Å²) in [4.78, 5) is 45.5. The molecule has 0 aliphatic rings. The van der Waals surface area contributed by atoms with Gasteiger partial charge in [0.05, 0.1) is 13.2 Å². The average Bonchev–Trinajstić information content (AvgIpc) is 3.13. The van der Waals surface area contributed by atoms with Crippen molar-refractivity contribution in [1.82, 2.24) is 5.32 Å². The number of esters is 1. The van der Waals surface area contributed by atoms with E-state index >= 15 is 0 Å². The Balaban J connectivity index is 3.70. The molecule has 1 amide bonds. The van der Waals surface area contributed by atoms with Crippen molar-refractivity contribution in [3.8, 4) is 0 Å². The van der Waals surface area contributed by atoms with Crippen LogP contribution in [0.2, 0.25) is 0 Å². The third-order valence-electron chi connectivity index (χ3n) is 9.65. The Bertz CT molecular complexity index is 921. The molecular formula is C41H80NO10P. The molecule has 0 rings (SSSR count). The van der Waals surface area contributed by atoms with Crippen LogP contribution in [0.3, 0.4) is 0 Å². The van der Waals surface area contributed by atoms with Gasteiger partial charge in [0.2, 0.25) is 5.91 Å². The Morgan fingerprint density at radius 2 is 0.868 bits per heavy atom. The Morgan fingerprint density at radius 1 is 0.528 bits per heavy atom. The molecule has 0 saturated heterocycles. The lowest BCUT2D eigenvalue weighted by atomic mass is 10.0. The van der Waals surface area contributed by atoms with Crippen LogP contribution in [0, 0.1) is 0 Å². The molecule has 11 nitrogen and oxygen atoms in total. The van der Waals surface area contributed by atoms with Gasteiger partial charge in [0.15, 0.2) is 6.04 Å². The van der Waals surface area contributed by atoms with Gasteiger partial charge in [0.1, 0.15) is 12.7 Å². The second-order valence-corrected chi connectivity index (χ2v) is 16.4. The van der Waals surface area contributed by atoms with Crippen LogP contribution in [0.5, 0.6) is 0 Å². The largest absolute Gasteiger partial charge is 0.480 e. The molecule has 0 aromatic rings. The molecule has 0 saturated carbocycles. The third-order valence-corrected chi connectivity index (χ3v) is 10.6. The number of carboxylic acids is 1. The van der Waals surface area contributed by atoms with Crippen LogP contribution < -0.4 is 5.32 Å². The van der Waals surface area contributed by atoms with Crippen LogP contribution >= 0.6 is 7.82 Å². The molecule has 0 aromatic carbocycles. The molecule has 53 heavy (non-hydrogen) atoms. The number of aliphatic hydroxyl groups excluding tert-OH is 1. The lowest BCUT2D eigenvalue weighted by Crippen LogP contribution is -2.43. The van der Waals surface area contributed by atoms with Gasteiger partial charge in [0, 0.05) is 12.8 Å². The Labute approximate surface area is 323 Å². The average molecular weight is 778 g/mol. The number of amides is 1. The van der Waals surface area contributed by atoms with E-state index in [1.165, 1.54) is 122 Å². The standard InChI is InChI=1S/C41H80NO10P/c1-3-5-7-9-11-12-13-14-15-16-17-18-19-20-21-22-23-24-25-26-27-29-31-33-40(45)50-34-37(43)35-51-53(48,49)52-36-38(41(46)47)42-39(44)32-30-28-10-8-6-4-2/h37-38,43H,3-36H2,1-2H3,(H,42,44)(H,46,47)(H,48,49). The highest BCUT2D eigenvalue weighted by molar-refractivity contribution is 7.47. The maximum atomic E-state index is 12.2. The highest BCUT2D eigenvalue weighted by atomic mass is 31.2. The molecule has 0 fully saturated rings. The van der Waals surface area contributed by atoms with Crippen LogP contribution in [-0.2, 0) is 32.7 Å². The van der Waals surface area contributed by atoms with E-state index in [1.54, 1.807) is 0 Å². The number of aliphatic hydroxyl groups is 1. The molecule has 314 valence electrons. The number of phosphoric ester groups is 1. The van der Waals surface area contributed by atoms with Gasteiger partial charge in [-0.2, -0.15) is 0 Å². The summed E-state index contributed by atoms with van der Waals surface area (Å²) in [6, 6.07) is -1.54. The van der Waals surface area contributed by atoms with Crippen LogP contribution in [0.4, 0.5) is 0 Å². The zero-order valence-electron chi connectivity index (χ0n) is 33.8. The topological polar surface area (TPSA) is 169 Å². The fourth-order valence-electron chi connectivity index (χ4n) is 6.26. The van der Waals surface area contributed by atoms with E-state index in [2.05, 4.69) is 19.2 Å². The van der Waals surface area contributed by atoms with E-state index in [0.29, 0.717) is 12.8 Å². The van der Waals surface area contributed by atoms with Gasteiger partial charge in [-0.15, -0.1) is 0 Å². The minimum atomic E-state index is -4.74. The van der Waals surface area contributed by atoms with E-state index < -0.39 is 57.6 Å². The zero-order chi connectivity index (χ0) is 39.3. The molecule has 0 radical (unpaired) electrons. The van der Waals surface area contributed by atoms with Crippen molar-refractivity contribution in [3.63, 3.8) is 0 Å². The number of carboxylic acid groups (broad SMARTS) is 1. The summed E-state index contributed by atoms with van der Waals surface area (Å²) in [6.45, 7) is 2.52. The van der Waals surface area contributed by atoms with E-state index in [1.807, 2.05) is 0 Å². The SMILES string of the molecule is CCCCCCCCCCCCCCCCCCCCCCCCCC(=O)OCC(O)COP(=O)(O)OCC(NC(=O)CCCCCCCC)C(=O)O. The summed E-state index contributed by atoms with van der Waals surface area (Å²) in [5.74, 6) is -2.37. The molecule has 0 heterocycles. The van der Waals surface area contributed by atoms with Crippen LogP contribution in [0.15, 0.2) is 0 Å². The van der Waals surface area contributed by atoms with Crippen molar-refractivity contribution in [3.05, 3.63) is 0 Å². The van der Waals surface area contributed by atoms with E-state index in [9.17, 15) is 34.1 Å². The Kier molecular flexibility index (Phi) is 36.3.